The summed E-state index contributed by atoms with van der Waals surface area (Å²) in [6, 6.07) is 5.89. The van der Waals surface area contributed by atoms with Crippen LogP contribution in [0.4, 0.5) is 15.7 Å². The number of nitrogens with zero attached hydrogens (tertiary/aromatic N) is 2. The predicted octanol–water partition coefficient (Wildman–Crippen LogP) is 3.54. The molecular formula is C15H14ClN5O3S2. The molecule has 0 saturated heterocycles. The average molecular weight is 412 g/mol. The zero-order valence-corrected chi connectivity index (χ0v) is 16.1. The van der Waals surface area contributed by atoms with E-state index in [-0.39, 0.29) is 9.92 Å². The molecule has 0 unspecified atom stereocenters. The summed E-state index contributed by atoms with van der Waals surface area (Å²) < 4.78 is 23.7. The van der Waals surface area contributed by atoms with Gasteiger partial charge in [0.1, 0.15) is 5.82 Å². The third kappa shape index (κ3) is 4.03. The number of benzene rings is 1. The van der Waals surface area contributed by atoms with Crippen LogP contribution in [0.1, 0.15) is 5.69 Å². The van der Waals surface area contributed by atoms with Crippen LogP contribution in [0.3, 0.4) is 0 Å². The van der Waals surface area contributed by atoms with Gasteiger partial charge >= 0.3 is 6.03 Å². The molecule has 0 spiro atoms. The Kier molecular flexibility index (Phi) is 4.99. The first kappa shape index (κ1) is 18.4. The van der Waals surface area contributed by atoms with Crippen LogP contribution in [0.5, 0.6) is 0 Å². The van der Waals surface area contributed by atoms with Crippen molar-refractivity contribution in [2.24, 2.45) is 0 Å². The van der Waals surface area contributed by atoms with Gasteiger partial charge in [-0.15, -0.1) is 0 Å². The zero-order valence-electron chi connectivity index (χ0n) is 13.7. The van der Waals surface area contributed by atoms with Gasteiger partial charge in [0.2, 0.25) is 0 Å². The Morgan fingerprint density at radius 2 is 2.04 bits per heavy atom. The molecule has 0 aliphatic carbocycles. The highest BCUT2D eigenvalue weighted by Crippen LogP contribution is 2.35. The quantitative estimate of drug-likeness (QED) is 0.607. The highest BCUT2D eigenvalue weighted by molar-refractivity contribution is 7.90. The summed E-state index contributed by atoms with van der Waals surface area (Å²) in [4.78, 5) is 17.1. The number of anilines is 2. The second kappa shape index (κ2) is 7.06. The van der Waals surface area contributed by atoms with Crippen molar-refractivity contribution >= 4 is 49.8 Å². The van der Waals surface area contributed by atoms with Gasteiger partial charge in [0, 0.05) is 12.3 Å². The van der Waals surface area contributed by atoms with Crippen molar-refractivity contribution in [1.29, 1.82) is 0 Å². The van der Waals surface area contributed by atoms with Gasteiger partial charge in [-0.2, -0.15) is 5.10 Å². The highest BCUT2D eigenvalue weighted by atomic mass is 35.5. The lowest BCUT2D eigenvalue weighted by molar-refractivity contribution is 0.262. The highest BCUT2D eigenvalue weighted by Gasteiger charge is 2.17. The maximum Gasteiger partial charge on any atom is 0.326 e. The van der Waals surface area contributed by atoms with E-state index < -0.39 is 15.9 Å². The zero-order chi connectivity index (χ0) is 18.9. The van der Waals surface area contributed by atoms with Gasteiger partial charge < -0.3 is 0 Å². The van der Waals surface area contributed by atoms with E-state index in [0.717, 1.165) is 11.1 Å². The summed E-state index contributed by atoms with van der Waals surface area (Å²) in [6.45, 7) is 1.78. The lowest BCUT2D eigenvalue weighted by Gasteiger charge is -2.05. The smallest absolute Gasteiger partial charge is 0.292 e. The number of carbonyl (C=O) groups is 1. The fourth-order valence-corrected chi connectivity index (χ4v) is 4.48. The number of amides is 2. The number of carbonyl (C=O) groups excluding carboxylic acids is 1. The van der Waals surface area contributed by atoms with E-state index in [4.69, 9.17) is 11.6 Å². The average Bonchev–Trinajstić information content (AvgIpc) is 3.16. The maximum atomic E-state index is 12.0. The summed E-state index contributed by atoms with van der Waals surface area (Å²) in [5, 5.41) is 12.1. The van der Waals surface area contributed by atoms with Crippen molar-refractivity contribution in [2.75, 3.05) is 16.9 Å². The largest absolute Gasteiger partial charge is 0.326 e. The number of aromatic amines is 1. The van der Waals surface area contributed by atoms with Crippen LogP contribution >= 0.6 is 22.9 Å². The van der Waals surface area contributed by atoms with E-state index in [2.05, 4.69) is 25.8 Å². The van der Waals surface area contributed by atoms with Gasteiger partial charge in [0.25, 0.3) is 0 Å². The molecule has 3 rings (SSSR count). The molecule has 136 valence electrons. The minimum absolute atomic E-state index is 0.0518. The number of hydrogen-bond donors (Lipinski definition) is 3. The predicted molar refractivity (Wildman–Crippen MR) is 102 cm³/mol. The number of sulfone groups is 1. The first-order chi connectivity index (χ1) is 12.2. The molecule has 2 heterocycles. The Morgan fingerprint density at radius 1 is 1.27 bits per heavy atom. The van der Waals surface area contributed by atoms with Crippen LogP contribution in [-0.2, 0) is 9.84 Å². The van der Waals surface area contributed by atoms with Crippen LogP contribution in [0, 0.1) is 6.92 Å². The summed E-state index contributed by atoms with van der Waals surface area (Å²) in [7, 11) is -3.45. The fourth-order valence-electron chi connectivity index (χ4n) is 2.22. The van der Waals surface area contributed by atoms with E-state index in [1.165, 1.54) is 29.7 Å². The van der Waals surface area contributed by atoms with Crippen LogP contribution in [0.25, 0.3) is 10.4 Å². The van der Waals surface area contributed by atoms with Crippen LogP contribution in [-0.4, -0.2) is 35.9 Å². The van der Waals surface area contributed by atoms with Crippen LogP contribution < -0.4 is 10.6 Å². The minimum Gasteiger partial charge on any atom is -0.292 e. The number of nitrogens with one attached hydrogen (secondary N) is 3. The first-order valence-electron chi connectivity index (χ1n) is 7.29. The molecule has 0 atom stereocenters. The molecular weight excluding hydrogens is 398 g/mol. The van der Waals surface area contributed by atoms with Crippen molar-refractivity contribution in [1.82, 2.24) is 15.2 Å². The van der Waals surface area contributed by atoms with E-state index in [9.17, 15) is 13.2 Å². The molecule has 8 nitrogen and oxygen atoms in total. The van der Waals surface area contributed by atoms with E-state index >= 15 is 0 Å². The molecule has 3 aromatic rings. The van der Waals surface area contributed by atoms with Gasteiger partial charge in [-0.25, -0.2) is 18.2 Å². The summed E-state index contributed by atoms with van der Waals surface area (Å²) in [5.74, 6) is 0.450. The van der Waals surface area contributed by atoms with Gasteiger partial charge in [-0.3, -0.25) is 15.7 Å². The number of H-pyrrole nitrogens is 1. The molecule has 26 heavy (non-hydrogen) atoms. The second-order valence-electron chi connectivity index (χ2n) is 5.40. The normalized spacial score (nSPS) is 11.3. The Bertz CT molecular complexity index is 1060. The van der Waals surface area contributed by atoms with Crippen molar-refractivity contribution in [2.45, 2.75) is 11.8 Å². The lowest BCUT2D eigenvalue weighted by Crippen LogP contribution is -2.19. The topological polar surface area (TPSA) is 117 Å². The number of aryl methyl sites for hydroxylation is 1. The van der Waals surface area contributed by atoms with Crippen LogP contribution in [0.2, 0.25) is 5.02 Å². The number of thiazole rings is 1. The summed E-state index contributed by atoms with van der Waals surface area (Å²) in [6.07, 6.45) is 2.62. The van der Waals surface area contributed by atoms with Crippen molar-refractivity contribution in [3.8, 4) is 10.4 Å². The van der Waals surface area contributed by atoms with Gasteiger partial charge in [-0.1, -0.05) is 29.0 Å². The molecule has 3 N–H and O–H groups in total. The van der Waals surface area contributed by atoms with Crippen molar-refractivity contribution in [3.63, 3.8) is 0 Å². The third-order valence-electron chi connectivity index (χ3n) is 3.36. The first-order valence-corrected chi connectivity index (χ1v) is 10.4. The number of halogens is 1. The summed E-state index contributed by atoms with van der Waals surface area (Å²) >= 11 is 7.22. The molecule has 0 fully saturated rings. The number of rotatable bonds is 4. The fraction of sp³-hybridized carbons (Fsp3) is 0.133. The van der Waals surface area contributed by atoms with Gasteiger partial charge in [-0.05, 0) is 24.6 Å². The van der Waals surface area contributed by atoms with Crippen molar-refractivity contribution < 1.29 is 13.2 Å². The second-order valence-corrected chi connectivity index (χ2v) is 8.79. The molecule has 0 radical (unpaired) electrons. The number of aromatic nitrogens is 3. The van der Waals surface area contributed by atoms with E-state index in [1.807, 2.05) is 0 Å². The summed E-state index contributed by atoms with van der Waals surface area (Å²) in [5.41, 5.74) is 1.32. The Balaban J connectivity index is 1.85. The standard InChI is InChI=1S/C15H14ClN5O3S2/c1-8-13(9-3-4-10(16)11(7-9)26(2,23)24)25-15(18-8)20-14(22)19-12-5-6-17-21-12/h3-7H,1-2H3,(H3,17,18,19,20,21,22). The third-order valence-corrected chi connectivity index (χ3v) is 6.06. The Hall–Kier alpha value is -2.43. The van der Waals surface area contributed by atoms with Gasteiger partial charge in [0.15, 0.2) is 15.0 Å². The molecule has 0 bridgehead atoms. The molecule has 11 heteroatoms. The molecule has 0 aliphatic heterocycles. The van der Waals surface area contributed by atoms with E-state index in [1.54, 1.807) is 19.1 Å². The molecule has 2 amide bonds. The number of urea groups is 1. The monoisotopic (exact) mass is 411 g/mol. The molecule has 1 aromatic carbocycles. The Labute approximate surface area is 158 Å². The van der Waals surface area contributed by atoms with Crippen LogP contribution in [0.15, 0.2) is 35.4 Å². The lowest BCUT2D eigenvalue weighted by atomic mass is 10.2. The Morgan fingerprint density at radius 3 is 2.69 bits per heavy atom. The van der Waals surface area contributed by atoms with Crippen molar-refractivity contribution in [3.05, 3.63) is 41.2 Å². The number of hydrogen-bond acceptors (Lipinski definition) is 6. The molecule has 2 aromatic heterocycles. The maximum absolute atomic E-state index is 12.0. The SMILES string of the molecule is Cc1nc(NC(=O)Nc2ccn[nH]2)sc1-c1ccc(Cl)c(S(C)(=O)=O)c1. The van der Waals surface area contributed by atoms with Gasteiger partial charge in [0.05, 0.1) is 26.7 Å². The minimum atomic E-state index is -3.45. The molecule has 0 aliphatic rings. The molecule has 0 saturated carbocycles. The van der Waals surface area contributed by atoms with E-state index in [0.29, 0.717) is 22.2 Å².